The van der Waals surface area contributed by atoms with Crippen molar-refractivity contribution in [3.63, 3.8) is 0 Å². The van der Waals surface area contributed by atoms with Crippen LogP contribution in [0.1, 0.15) is 55.9 Å². The summed E-state index contributed by atoms with van der Waals surface area (Å²) in [5.74, 6) is -1.13. The zero-order valence-electron chi connectivity index (χ0n) is 17.0. The molecule has 5 rings (SSSR count). The lowest BCUT2D eigenvalue weighted by atomic mass is 9.68. The fourth-order valence-electron chi connectivity index (χ4n) is 5.19. The van der Waals surface area contributed by atoms with Crippen LogP contribution in [0.3, 0.4) is 0 Å². The van der Waals surface area contributed by atoms with Crippen LogP contribution in [-0.2, 0) is 11.3 Å². The van der Waals surface area contributed by atoms with Crippen LogP contribution in [0.4, 0.5) is 5.69 Å². The summed E-state index contributed by atoms with van der Waals surface area (Å²) >= 11 is 0. The molecule has 1 fully saturated rings. The Hall–Kier alpha value is -3.32. The Morgan fingerprint density at radius 1 is 0.935 bits per heavy atom. The predicted octanol–water partition coefficient (Wildman–Crippen LogP) is 2.40. The van der Waals surface area contributed by atoms with Gasteiger partial charge in [0.05, 0.1) is 11.1 Å². The molecular weight excluding hydrogens is 394 g/mol. The molecular formula is C24H23N3O4. The summed E-state index contributed by atoms with van der Waals surface area (Å²) in [6.07, 6.45) is 0.999. The summed E-state index contributed by atoms with van der Waals surface area (Å²) in [4.78, 5) is 52.4. The van der Waals surface area contributed by atoms with Crippen LogP contribution in [0, 0.1) is 11.8 Å². The third kappa shape index (κ3) is 3.16. The molecule has 3 unspecified atom stereocenters. The van der Waals surface area contributed by atoms with Gasteiger partial charge in [0.25, 0.3) is 11.8 Å². The number of nitrogens with zero attached hydrogens (tertiary/aromatic N) is 1. The van der Waals surface area contributed by atoms with Crippen molar-refractivity contribution in [3.05, 3.63) is 64.7 Å². The van der Waals surface area contributed by atoms with E-state index in [-0.39, 0.29) is 54.2 Å². The third-order valence-electron chi connectivity index (χ3n) is 6.71. The summed E-state index contributed by atoms with van der Waals surface area (Å²) in [5.41, 5.74) is 8.76. The van der Waals surface area contributed by atoms with Gasteiger partial charge < -0.3 is 11.1 Å². The van der Waals surface area contributed by atoms with Crippen molar-refractivity contribution < 1.29 is 19.2 Å². The number of benzene rings is 2. The van der Waals surface area contributed by atoms with Gasteiger partial charge in [-0.3, -0.25) is 24.1 Å². The molecule has 3 aliphatic rings. The zero-order valence-corrected chi connectivity index (χ0v) is 17.0. The minimum absolute atomic E-state index is 0.00825. The van der Waals surface area contributed by atoms with Gasteiger partial charge in [-0.1, -0.05) is 18.2 Å². The van der Waals surface area contributed by atoms with Gasteiger partial charge in [-0.15, -0.1) is 0 Å². The number of Topliss-reactive ketones (excluding diaryl/α,β-unsaturated/α-hetero) is 2. The Kier molecular flexibility index (Phi) is 4.70. The van der Waals surface area contributed by atoms with Crippen LogP contribution >= 0.6 is 0 Å². The van der Waals surface area contributed by atoms with Crippen molar-refractivity contribution in [2.24, 2.45) is 17.6 Å². The molecule has 1 aliphatic carbocycles. The molecule has 0 bridgehead atoms. The molecule has 3 atom stereocenters. The monoisotopic (exact) mass is 417 g/mol. The number of ketones is 2. The standard InChI is InChI=1S/C24H23N3O4/c25-12-13-5-6-19-18(9-13)22(29)21-14(10-15(28)11-20(21)26-19)7-8-27-23(30)16-3-1-2-4-17(16)24(27)31/h1-6,9,14,20-21,26H,7-8,10-12,25H2. The molecule has 7 heteroatoms. The van der Waals surface area contributed by atoms with E-state index < -0.39 is 0 Å². The van der Waals surface area contributed by atoms with Gasteiger partial charge in [-0.05, 0) is 42.2 Å². The highest BCUT2D eigenvalue weighted by Gasteiger charge is 2.45. The molecule has 2 heterocycles. The largest absolute Gasteiger partial charge is 0.381 e. The summed E-state index contributed by atoms with van der Waals surface area (Å²) in [5, 5.41) is 3.37. The number of rotatable bonds is 4. The number of fused-ring (bicyclic) bond motifs is 3. The molecule has 158 valence electrons. The van der Waals surface area contributed by atoms with Crippen molar-refractivity contribution in [2.45, 2.75) is 31.8 Å². The lowest BCUT2D eigenvalue weighted by Gasteiger charge is -2.41. The molecule has 2 aliphatic heterocycles. The quantitative estimate of drug-likeness (QED) is 0.740. The smallest absolute Gasteiger partial charge is 0.261 e. The lowest BCUT2D eigenvalue weighted by molar-refractivity contribution is -0.122. The highest BCUT2D eigenvalue weighted by Crippen LogP contribution is 2.40. The Labute approximate surface area is 179 Å². The lowest BCUT2D eigenvalue weighted by Crippen LogP contribution is -2.49. The van der Waals surface area contributed by atoms with E-state index in [9.17, 15) is 19.2 Å². The van der Waals surface area contributed by atoms with Gasteiger partial charge in [0.1, 0.15) is 5.78 Å². The number of amides is 2. The second-order valence-electron chi connectivity index (χ2n) is 8.53. The molecule has 0 radical (unpaired) electrons. The molecule has 0 saturated heterocycles. The zero-order chi connectivity index (χ0) is 21.7. The maximum Gasteiger partial charge on any atom is 0.261 e. The molecule has 0 aromatic heterocycles. The normalized spacial score (nSPS) is 24.5. The fraction of sp³-hybridized carbons (Fsp3) is 0.333. The maximum atomic E-state index is 13.4. The summed E-state index contributed by atoms with van der Waals surface area (Å²) in [7, 11) is 0. The fourth-order valence-corrected chi connectivity index (χ4v) is 5.19. The van der Waals surface area contributed by atoms with Crippen LogP contribution in [0.5, 0.6) is 0 Å². The van der Waals surface area contributed by atoms with Crippen molar-refractivity contribution in [1.29, 1.82) is 0 Å². The Balaban J connectivity index is 1.38. The van der Waals surface area contributed by atoms with Gasteiger partial charge in [-0.25, -0.2) is 0 Å². The predicted molar refractivity (Wildman–Crippen MR) is 114 cm³/mol. The number of imide groups is 1. The third-order valence-corrected chi connectivity index (χ3v) is 6.71. The van der Waals surface area contributed by atoms with Gasteiger partial charge in [0.15, 0.2) is 5.78 Å². The first-order chi connectivity index (χ1) is 15.0. The number of hydrogen-bond acceptors (Lipinski definition) is 6. The molecule has 2 aromatic carbocycles. The van der Waals surface area contributed by atoms with E-state index in [0.717, 1.165) is 11.3 Å². The second-order valence-corrected chi connectivity index (χ2v) is 8.53. The van der Waals surface area contributed by atoms with Gasteiger partial charge in [0.2, 0.25) is 0 Å². The van der Waals surface area contributed by atoms with E-state index in [1.54, 1.807) is 24.3 Å². The number of carbonyl (C=O) groups excluding carboxylic acids is 4. The van der Waals surface area contributed by atoms with E-state index in [2.05, 4.69) is 5.32 Å². The number of carbonyl (C=O) groups is 4. The topological polar surface area (TPSA) is 110 Å². The Bertz CT molecular complexity index is 1090. The summed E-state index contributed by atoms with van der Waals surface area (Å²) in [6.45, 7) is 0.535. The highest BCUT2D eigenvalue weighted by molar-refractivity contribution is 6.21. The van der Waals surface area contributed by atoms with Crippen molar-refractivity contribution in [3.8, 4) is 0 Å². The van der Waals surface area contributed by atoms with E-state index in [0.29, 0.717) is 36.1 Å². The van der Waals surface area contributed by atoms with Crippen molar-refractivity contribution in [2.75, 3.05) is 11.9 Å². The first-order valence-corrected chi connectivity index (χ1v) is 10.6. The summed E-state index contributed by atoms with van der Waals surface area (Å²) in [6, 6.07) is 12.0. The van der Waals surface area contributed by atoms with Crippen molar-refractivity contribution >= 4 is 29.1 Å². The second kappa shape index (κ2) is 7.42. The van der Waals surface area contributed by atoms with E-state index >= 15 is 0 Å². The number of hydrogen-bond donors (Lipinski definition) is 2. The molecule has 1 saturated carbocycles. The SMILES string of the molecule is NCc1ccc2c(c1)C(=O)C1C(CCN3C(=O)c4ccccc4C3=O)CC(=O)CC1N2. The highest BCUT2D eigenvalue weighted by atomic mass is 16.2. The molecule has 7 nitrogen and oxygen atoms in total. The van der Waals surface area contributed by atoms with Crippen molar-refractivity contribution in [1.82, 2.24) is 4.90 Å². The molecule has 0 spiro atoms. The Morgan fingerprint density at radius 2 is 1.65 bits per heavy atom. The van der Waals surface area contributed by atoms with Crippen LogP contribution in [0.25, 0.3) is 0 Å². The average molecular weight is 417 g/mol. The van der Waals surface area contributed by atoms with E-state index in [1.165, 1.54) is 4.90 Å². The maximum absolute atomic E-state index is 13.4. The van der Waals surface area contributed by atoms with Crippen LogP contribution in [-0.4, -0.2) is 40.9 Å². The van der Waals surface area contributed by atoms with Gasteiger partial charge in [0, 0.05) is 49.1 Å². The minimum Gasteiger partial charge on any atom is -0.381 e. The Morgan fingerprint density at radius 3 is 2.32 bits per heavy atom. The minimum atomic E-state index is -0.367. The van der Waals surface area contributed by atoms with Crippen LogP contribution in [0.15, 0.2) is 42.5 Å². The van der Waals surface area contributed by atoms with Crippen LogP contribution in [0.2, 0.25) is 0 Å². The number of anilines is 1. The van der Waals surface area contributed by atoms with Gasteiger partial charge in [-0.2, -0.15) is 0 Å². The van der Waals surface area contributed by atoms with E-state index in [1.807, 2.05) is 18.2 Å². The first-order valence-electron chi connectivity index (χ1n) is 10.6. The summed E-state index contributed by atoms with van der Waals surface area (Å²) < 4.78 is 0. The molecule has 3 N–H and O–H groups in total. The number of nitrogens with one attached hydrogen (secondary N) is 1. The number of nitrogens with two attached hydrogens (primary N) is 1. The molecule has 2 amide bonds. The first kappa shape index (κ1) is 19.6. The van der Waals surface area contributed by atoms with E-state index in [4.69, 9.17) is 5.73 Å². The molecule has 2 aromatic rings. The van der Waals surface area contributed by atoms with Gasteiger partial charge >= 0.3 is 0 Å². The van der Waals surface area contributed by atoms with Crippen LogP contribution < -0.4 is 11.1 Å². The molecule has 31 heavy (non-hydrogen) atoms. The average Bonchev–Trinajstić information content (AvgIpc) is 3.01.